The average molecular weight is 433 g/mol. The molecule has 0 aliphatic heterocycles. The van der Waals surface area contributed by atoms with E-state index in [0.29, 0.717) is 0 Å². The Morgan fingerprint density at radius 2 is 1.33 bits per heavy atom. The summed E-state index contributed by atoms with van der Waals surface area (Å²) < 4.78 is 0. The van der Waals surface area contributed by atoms with Gasteiger partial charge in [0.05, 0.1) is 0 Å². The Balaban J connectivity index is 1.89. The fourth-order valence-electron chi connectivity index (χ4n) is 4.08. The van der Waals surface area contributed by atoms with Gasteiger partial charge in [0.15, 0.2) is 0 Å². The second-order valence-corrected chi connectivity index (χ2v) is 9.64. The molecule has 0 heterocycles. The first-order valence-corrected chi connectivity index (χ1v) is 11.6. The van der Waals surface area contributed by atoms with Gasteiger partial charge < -0.3 is 0 Å². The molecule has 0 spiro atoms. The zero-order valence-corrected chi connectivity index (χ0v) is 21.0. The third-order valence-electron chi connectivity index (χ3n) is 6.31. The van der Waals surface area contributed by atoms with Crippen molar-refractivity contribution in [2.75, 3.05) is 0 Å². The maximum Gasteiger partial charge on any atom is 0.00170 e. The van der Waals surface area contributed by atoms with E-state index in [1.807, 2.05) is 0 Å². The molecule has 2 aromatic carbocycles. The Bertz CT molecular complexity index is 1230. The quantitative estimate of drug-likeness (QED) is 0.399. The van der Waals surface area contributed by atoms with Crippen molar-refractivity contribution in [3.63, 3.8) is 0 Å². The first-order chi connectivity index (χ1) is 15.6. The summed E-state index contributed by atoms with van der Waals surface area (Å²) in [5.41, 5.74) is 11.8. The standard InChI is InChI=1S/C33H36/c1-23(17-18-29-15-11-9-13-24(29)2)21-31-26(4)27(5)32(28(31)6)22-33(7,8)20-19-30-16-12-10-14-25(30)3/h9-22H,4-5H2,1-3,6-8H3/b18-17-,20-19-,23-21-,32-22+. The normalized spacial score (nSPS) is 16.8. The topological polar surface area (TPSA) is 0 Å². The van der Waals surface area contributed by atoms with Crippen molar-refractivity contribution in [2.45, 2.75) is 41.5 Å². The van der Waals surface area contributed by atoms with Crippen molar-refractivity contribution in [2.24, 2.45) is 5.41 Å². The largest absolute Gasteiger partial charge is 0.0906 e. The van der Waals surface area contributed by atoms with Crippen LogP contribution in [0.1, 0.15) is 49.9 Å². The molecular weight excluding hydrogens is 396 g/mol. The Morgan fingerprint density at radius 3 is 1.91 bits per heavy atom. The summed E-state index contributed by atoms with van der Waals surface area (Å²) in [4.78, 5) is 0. The Kier molecular flexibility index (Phi) is 7.39. The molecule has 168 valence electrons. The lowest BCUT2D eigenvalue weighted by atomic mass is 9.87. The Hall–Kier alpha value is -3.38. The van der Waals surface area contributed by atoms with Crippen LogP contribution in [-0.2, 0) is 0 Å². The number of aryl methyl sites for hydroxylation is 2. The molecule has 0 bridgehead atoms. The van der Waals surface area contributed by atoms with Gasteiger partial charge in [-0.1, -0.05) is 118 Å². The van der Waals surface area contributed by atoms with Crippen LogP contribution in [-0.4, -0.2) is 0 Å². The summed E-state index contributed by atoms with van der Waals surface area (Å²) in [5, 5.41) is 0. The van der Waals surface area contributed by atoms with Crippen molar-refractivity contribution < 1.29 is 0 Å². The number of hydrogen-bond donors (Lipinski definition) is 0. The Labute approximate surface area is 200 Å². The van der Waals surface area contributed by atoms with E-state index in [2.05, 4.69) is 140 Å². The van der Waals surface area contributed by atoms with Crippen LogP contribution < -0.4 is 0 Å². The predicted octanol–water partition coefficient (Wildman–Crippen LogP) is 9.37. The molecule has 3 rings (SSSR count). The molecular formula is C33H36. The number of benzene rings is 2. The van der Waals surface area contributed by atoms with Crippen molar-refractivity contribution in [1.82, 2.24) is 0 Å². The number of rotatable bonds is 6. The van der Waals surface area contributed by atoms with Gasteiger partial charge >= 0.3 is 0 Å². The monoisotopic (exact) mass is 432 g/mol. The highest BCUT2D eigenvalue weighted by molar-refractivity contribution is 5.73. The van der Waals surface area contributed by atoms with E-state index in [-0.39, 0.29) is 5.41 Å². The summed E-state index contributed by atoms with van der Waals surface area (Å²) in [6.45, 7) is 21.8. The van der Waals surface area contributed by atoms with Gasteiger partial charge in [0.25, 0.3) is 0 Å². The molecule has 0 nitrogen and oxygen atoms in total. The summed E-state index contributed by atoms with van der Waals surface area (Å²) >= 11 is 0. The molecule has 0 atom stereocenters. The van der Waals surface area contributed by atoms with Gasteiger partial charge in [-0.3, -0.25) is 0 Å². The van der Waals surface area contributed by atoms with Crippen LogP contribution in [0.15, 0.2) is 119 Å². The van der Waals surface area contributed by atoms with Crippen LogP contribution in [0.25, 0.3) is 12.2 Å². The number of allylic oxidation sites excluding steroid dienone is 10. The van der Waals surface area contributed by atoms with E-state index < -0.39 is 0 Å². The molecule has 33 heavy (non-hydrogen) atoms. The van der Waals surface area contributed by atoms with Gasteiger partial charge in [-0.2, -0.15) is 0 Å². The highest BCUT2D eigenvalue weighted by atomic mass is 14.3. The van der Waals surface area contributed by atoms with Gasteiger partial charge in [-0.25, -0.2) is 0 Å². The number of hydrogen-bond acceptors (Lipinski definition) is 0. The lowest BCUT2D eigenvalue weighted by Crippen LogP contribution is -2.04. The summed E-state index contributed by atoms with van der Waals surface area (Å²) in [7, 11) is 0. The molecule has 0 saturated heterocycles. The van der Waals surface area contributed by atoms with Gasteiger partial charge in [0.1, 0.15) is 0 Å². The van der Waals surface area contributed by atoms with Gasteiger partial charge in [0.2, 0.25) is 0 Å². The molecule has 0 radical (unpaired) electrons. The van der Waals surface area contributed by atoms with E-state index in [4.69, 9.17) is 0 Å². The van der Waals surface area contributed by atoms with Gasteiger partial charge in [0, 0.05) is 5.41 Å². The molecule has 0 unspecified atom stereocenters. The fourth-order valence-corrected chi connectivity index (χ4v) is 4.08. The lowest BCUT2D eigenvalue weighted by molar-refractivity contribution is 0.626. The van der Waals surface area contributed by atoms with Crippen molar-refractivity contribution in [1.29, 1.82) is 0 Å². The van der Waals surface area contributed by atoms with E-state index >= 15 is 0 Å². The predicted molar refractivity (Wildman–Crippen MR) is 147 cm³/mol. The van der Waals surface area contributed by atoms with Crippen LogP contribution in [0.3, 0.4) is 0 Å². The van der Waals surface area contributed by atoms with Crippen LogP contribution in [0.4, 0.5) is 0 Å². The molecule has 1 aliphatic carbocycles. The summed E-state index contributed by atoms with van der Waals surface area (Å²) in [6, 6.07) is 16.9. The van der Waals surface area contributed by atoms with Gasteiger partial charge in [-0.15, -0.1) is 0 Å². The highest BCUT2D eigenvalue weighted by Gasteiger charge is 2.25. The van der Waals surface area contributed by atoms with E-state index in [9.17, 15) is 0 Å². The Morgan fingerprint density at radius 1 is 0.788 bits per heavy atom. The van der Waals surface area contributed by atoms with E-state index in [1.165, 1.54) is 44.5 Å². The van der Waals surface area contributed by atoms with E-state index in [0.717, 1.165) is 11.1 Å². The smallest absolute Gasteiger partial charge is 0.00170 e. The SMILES string of the molecule is C=C1C(=C)/C(=C\C(C)(C)/C=C\c2ccccc2C)C(C)=C1/C=C(C)\C=C/c1ccccc1C. The highest BCUT2D eigenvalue weighted by Crippen LogP contribution is 2.42. The van der Waals surface area contributed by atoms with Crippen molar-refractivity contribution >= 4 is 12.2 Å². The van der Waals surface area contributed by atoms with Crippen LogP contribution >= 0.6 is 0 Å². The summed E-state index contributed by atoms with van der Waals surface area (Å²) in [6.07, 6.45) is 13.4. The second-order valence-electron chi connectivity index (χ2n) is 9.64. The van der Waals surface area contributed by atoms with Crippen molar-refractivity contribution in [3.05, 3.63) is 142 Å². The molecule has 0 aromatic heterocycles. The minimum atomic E-state index is -0.110. The zero-order valence-electron chi connectivity index (χ0n) is 21.0. The lowest BCUT2D eigenvalue weighted by Gasteiger charge is -2.18. The first-order valence-electron chi connectivity index (χ1n) is 11.6. The molecule has 0 amide bonds. The van der Waals surface area contributed by atoms with Crippen LogP contribution in [0.2, 0.25) is 0 Å². The zero-order chi connectivity index (χ0) is 24.2. The molecule has 2 aromatic rings. The molecule has 1 aliphatic rings. The third kappa shape index (κ3) is 5.90. The minimum Gasteiger partial charge on any atom is -0.0906 e. The van der Waals surface area contributed by atoms with E-state index in [1.54, 1.807) is 0 Å². The van der Waals surface area contributed by atoms with Crippen LogP contribution in [0.5, 0.6) is 0 Å². The maximum atomic E-state index is 4.37. The summed E-state index contributed by atoms with van der Waals surface area (Å²) in [5.74, 6) is 0. The minimum absolute atomic E-state index is 0.110. The van der Waals surface area contributed by atoms with Gasteiger partial charge in [-0.05, 0) is 77.8 Å². The van der Waals surface area contributed by atoms with Crippen LogP contribution in [0, 0.1) is 19.3 Å². The molecule has 0 fully saturated rings. The second kappa shape index (κ2) is 10.0. The fraction of sp³-hybridized carbons (Fsp3) is 0.212. The third-order valence-corrected chi connectivity index (χ3v) is 6.31. The maximum absolute atomic E-state index is 4.37. The van der Waals surface area contributed by atoms with Crippen molar-refractivity contribution in [3.8, 4) is 0 Å². The molecule has 0 saturated carbocycles. The average Bonchev–Trinajstić information content (AvgIpc) is 2.96. The molecule has 0 heteroatoms. The first kappa shape index (κ1) is 24.3. The molecule has 0 N–H and O–H groups in total.